The molecule has 0 aromatic heterocycles. The van der Waals surface area contributed by atoms with Crippen molar-refractivity contribution in [1.82, 2.24) is 0 Å². The molecule has 0 aliphatic rings. The molecule has 20 heavy (non-hydrogen) atoms. The fourth-order valence-corrected chi connectivity index (χ4v) is 2.68. The number of hydrogen-bond donors (Lipinski definition) is 1. The summed E-state index contributed by atoms with van der Waals surface area (Å²) in [6.45, 7) is 0. The number of nitro benzene ring substituents is 1. The number of carboxylic acid groups (broad SMARTS) is 1. The number of rotatable bonds is 6. The Balaban J connectivity index is 3.02. The van der Waals surface area contributed by atoms with Gasteiger partial charge in [0.15, 0.2) is 0 Å². The lowest BCUT2D eigenvalue weighted by atomic mass is 10.2. The van der Waals surface area contributed by atoms with E-state index in [0.717, 1.165) is 23.9 Å². The van der Waals surface area contributed by atoms with Crippen molar-refractivity contribution in [1.29, 1.82) is 0 Å². The predicted molar refractivity (Wildman–Crippen MR) is 72.4 cm³/mol. The van der Waals surface area contributed by atoms with Gasteiger partial charge in [-0.05, 0) is 0 Å². The normalized spacial score (nSPS) is 10.1. The molecule has 0 saturated carbocycles. The number of carboxylic acids is 1. The van der Waals surface area contributed by atoms with Gasteiger partial charge in [0.1, 0.15) is 0 Å². The van der Waals surface area contributed by atoms with Gasteiger partial charge in [-0.1, -0.05) is 11.6 Å². The van der Waals surface area contributed by atoms with E-state index in [1.54, 1.807) is 0 Å². The Kier molecular flexibility index (Phi) is 5.78. The lowest BCUT2D eigenvalue weighted by molar-refractivity contribution is -0.384. The number of carbonyl (C=O) groups is 2. The molecular weight excluding hydrogens is 310 g/mol. The number of nitrogens with zero attached hydrogens (tertiary/aromatic N) is 1. The molecule has 0 saturated heterocycles. The van der Waals surface area contributed by atoms with Gasteiger partial charge in [0.05, 0.1) is 29.0 Å². The molecule has 1 aromatic carbocycles. The van der Waals surface area contributed by atoms with E-state index in [-0.39, 0.29) is 27.7 Å². The van der Waals surface area contributed by atoms with E-state index in [0.29, 0.717) is 0 Å². The first kappa shape index (κ1) is 16.3. The molecule has 0 radical (unpaired) electrons. The average Bonchev–Trinajstić information content (AvgIpc) is 2.39. The summed E-state index contributed by atoms with van der Waals surface area (Å²) in [5.74, 6) is -1.51. The van der Waals surface area contributed by atoms with Crippen LogP contribution in [-0.4, -0.2) is 34.8 Å². The van der Waals surface area contributed by atoms with E-state index in [4.69, 9.17) is 16.7 Å². The first-order valence-electron chi connectivity index (χ1n) is 5.27. The Hall–Kier alpha value is -1.80. The summed E-state index contributed by atoms with van der Waals surface area (Å²) in [4.78, 5) is 32.2. The second-order valence-electron chi connectivity index (χ2n) is 3.54. The first-order chi connectivity index (χ1) is 9.36. The smallest absolute Gasteiger partial charge is 0.337 e. The SMILES string of the molecule is COC(=O)CCSc1c(Cl)cc([N+](=O)[O-])cc1C(=O)O. The number of halogens is 1. The summed E-state index contributed by atoms with van der Waals surface area (Å²) >= 11 is 6.90. The fraction of sp³-hybridized carbons (Fsp3) is 0.273. The lowest BCUT2D eigenvalue weighted by Gasteiger charge is -2.08. The standard InChI is InChI=1S/C11H10ClNO6S/c1-19-9(14)2-3-20-10-7(11(15)16)4-6(13(17)18)5-8(10)12/h4-5H,2-3H2,1H3,(H,15,16). The topological polar surface area (TPSA) is 107 Å². The molecule has 9 heteroatoms. The largest absolute Gasteiger partial charge is 0.478 e. The summed E-state index contributed by atoms with van der Waals surface area (Å²) < 4.78 is 4.46. The Bertz CT molecular complexity index is 562. The molecule has 1 aromatic rings. The maximum Gasteiger partial charge on any atom is 0.337 e. The van der Waals surface area contributed by atoms with Crippen LogP contribution < -0.4 is 0 Å². The number of carbonyl (C=O) groups excluding carboxylic acids is 1. The van der Waals surface area contributed by atoms with Gasteiger partial charge in [-0.15, -0.1) is 11.8 Å². The molecule has 0 bridgehead atoms. The minimum atomic E-state index is -1.32. The molecule has 7 nitrogen and oxygen atoms in total. The number of nitro groups is 1. The molecule has 0 heterocycles. The highest BCUT2D eigenvalue weighted by Gasteiger charge is 2.20. The lowest BCUT2D eigenvalue weighted by Crippen LogP contribution is -2.04. The summed E-state index contributed by atoms with van der Waals surface area (Å²) in [5.41, 5.74) is -0.663. The van der Waals surface area contributed by atoms with Crippen LogP contribution in [0.2, 0.25) is 5.02 Å². The second-order valence-corrected chi connectivity index (χ2v) is 5.05. The Morgan fingerprint density at radius 2 is 2.15 bits per heavy atom. The Morgan fingerprint density at radius 1 is 1.50 bits per heavy atom. The van der Waals surface area contributed by atoms with E-state index >= 15 is 0 Å². The molecular formula is C11H10ClNO6S. The van der Waals surface area contributed by atoms with Gasteiger partial charge in [0, 0.05) is 22.8 Å². The highest BCUT2D eigenvalue weighted by Crippen LogP contribution is 2.34. The van der Waals surface area contributed by atoms with Crippen molar-refractivity contribution in [3.63, 3.8) is 0 Å². The van der Waals surface area contributed by atoms with Gasteiger partial charge in [-0.2, -0.15) is 0 Å². The van der Waals surface area contributed by atoms with Crippen molar-refractivity contribution in [2.45, 2.75) is 11.3 Å². The van der Waals surface area contributed by atoms with Crippen molar-refractivity contribution in [3.05, 3.63) is 32.8 Å². The van der Waals surface area contributed by atoms with E-state index in [2.05, 4.69) is 4.74 Å². The highest BCUT2D eigenvalue weighted by atomic mass is 35.5. The number of thioether (sulfide) groups is 1. The van der Waals surface area contributed by atoms with Crippen LogP contribution in [0.3, 0.4) is 0 Å². The van der Waals surface area contributed by atoms with Crippen LogP contribution in [0.4, 0.5) is 5.69 Å². The van der Waals surface area contributed by atoms with Gasteiger partial charge in [-0.25, -0.2) is 4.79 Å². The fourth-order valence-electron chi connectivity index (χ4n) is 1.33. The zero-order valence-electron chi connectivity index (χ0n) is 10.3. The third kappa shape index (κ3) is 4.10. The predicted octanol–water partition coefficient (Wildman–Crippen LogP) is 2.60. The van der Waals surface area contributed by atoms with Crippen LogP contribution in [0.15, 0.2) is 17.0 Å². The number of methoxy groups -OCH3 is 1. The van der Waals surface area contributed by atoms with Crippen molar-refractivity contribution in [2.75, 3.05) is 12.9 Å². The molecule has 0 unspecified atom stereocenters. The van der Waals surface area contributed by atoms with Crippen molar-refractivity contribution >= 4 is 41.0 Å². The van der Waals surface area contributed by atoms with E-state index in [1.165, 1.54) is 7.11 Å². The highest BCUT2D eigenvalue weighted by molar-refractivity contribution is 7.99. The third-order valence-electron chi connectivity index (χ3n) is 2.25. The number of benzene rings is 1. The van der Waals surface area contributed by atoms with E-state index in [9.17, 15) is 19.7 Å². The molecule has 0 spiro atoms. The van der Waals surface area contributed by atoms with Gasteiger partial charge < -0.3 is 9.84 Å². The van der Waals surface area contributed by atoms with Gasteiger partial charge in [-0.3, -0.25) is 14.9 Å². The molecule has 0 amide bonds. The second kappa shape index (κ2) is 7.11. The monoisotopic (exact) mass is 319 g/mol. The van der Waals surface area contributed by atoms with Gasteiger partial charge in [0.2, 0.25) is 0 Å². The van der Waals surface area contributed by atoms with Crippen LogP contribution in [0.1, 0.15) is 16.8 Å². The number of esters is 1. The van der Waals surface area contributed by atoms with E-state index in [1.807, 2.05) is 0 Å². The van der Waals surface area contributed by atoms with Crippen LogP contribution in [-0.2, 0) is 9.53 Å². The Morgan fingerprint density at radius 3 is 2.65 bits per heavy atom. The molecule has 1 rings (SSSR count). The number of ether oxygens (including phenoxy) is 1. The van der Waals surface area contributed by atoms with Gasteiger partial charge >= 0.3 is 11.9 Å². The minimum absolute atomic E-state index is 0.0357. The van der Waals surface area contributed by atoms with E-state index < -0.39 is 22.5 Å². The van der Waals surface area contributed by atoms with Crippen LogP contribution in [0.25, 0.3) is 0 Å². The Labute approximate surface area is 123 Å². The summed E-state index contributed by atoms with van der Waals surface area (Å²) in [6, 6.07) is 2.02. The van der Waals surface area contributed by atoms with Crippen molar-refractivity contribution in [2.24, 2.45) is 0 Å². The minimum Gasteiger partial charge on any atom is -0.478 e. The number of aromatic carboxylic acids is 1. The molecule has 108 valence electrons. The zero-order chi connectivity index (χ0) is 15.3. The molecule has 0 fully saturated rings. The number of hydrogen-bond acceptors (Lipinski definition) is 6. The quantitative estimate of drug-likeness (QED) is 0.371. The molecule has 0 aliphatic carbocycles. The summed E-state index contributed by atoms with van der Waals surface area (Å²) in [7, 11) is 1.24. The van der Waals surface area contributed by atoms with Crippen LogP contribution >= 0.6 is 23.4 Å². The zero-order valence-corrected chi connectivity index (χ0v) is 11.9. The maximum atomic E-state index is 11.1. The van der Waals surface area contributed by atoms with Crippen molar-refractivity contribution < 1.29 is 24.4 Å². The maximum absolute atomic E-state index is 11.1. The summed E-state index contributed by atoms with van der Waals surface area (Å²) in [5, 5.41) is 19.7. The molecule has 0 atom stereocenters. The first-order valence-corrected chi connectivity index (χ1v) is 6.64. The molecule has 0 aliphatic heterocycles. The summed E-state index contributed by atoms with van der Waals surface area (Å²) in [6.07, 6.45) is 0.0769. The van der Waals surface area contributed by atoms with Gasteiger partial charge in [0.25, 0.3) is 5.69 Å². The third-order valence-corrected chi connectivity index (χ3v) is 3.80. The van der Waals surface area contributed by atoms with Crippen LogP contribution in [0.5, 0.6) is 0 Å². The number of non-ortho nitro benzene ring substituents is 1. The molecule has 1 N–H and O–H groups in total. The average molecular weight is 320 g/mol. The van der Waals surface area contributed by atoms with Crippen LogP contribution in [0, 0.1) is 10.1 Å². The van der Waals surface area contributed by atoms with Crippen molar-refractivity contribution in [3.8, 4) is 0 Å².